The zero-order valence-corrected chi connectivity index (χ0v) is 17.0. The lowest BCUT2D eigenvalue weighted by molar-refractivity contribution is 0.580. The van der Waals surface area contributed by atoms with Gasteiger partial charge in [0, 0.05) is 48.3 Å². The van der Waals surface area contributed by atoms with E-state index >= 15 is 0 Å². The number of benzene rings is 1. The first-order chi connectivity index (χ1) is 11.4. The number of fused-ring (bicyclic) bond motifs is 3. The van der Waals surface area contributed by atoms with Crippen molar-refractivity contribution in [2.24, 2.45) is 0 Å². The van der Waals surface area contributed by atoms with Gasteiger partial charge in [-0.05, 0) is 38.8 Å². The summed E-state index contributed by atoms with van der Waals surface area (Å²) < 4.78 is 14.1. The fraction of sp³-hybridized carbons (Fsp3) is 0.300. The lowest BCUT2D eigenvalue weighted by atomic mass is 9.98. The summed E-state index contributed by atoms with van der Waals surface area (Å²) in [6.45, 7) is 8.80. The quantitative estimate of drug-likeness (QED) is 0.451. The SMILES string of the molecule is Cc1sc(C)c2c1CP(=O)(c1ccccc1)Cc1c(C)sc(C)c1-2. The molecule has 0 spiro atoms. The third kappa shape index (κ3) is 2.37. The van der Waals surface area contributed by atoms with Crippen molar-refractivity contribution >= 4 is 35.1 Å². The summed E-state index contributed by atoms with van der Waals surface area (Å²) in [6.07, 6.45) is 1.39. The van der Waals surface area contributed by atoms with Crippen LogP contribution in [0.2, 0.25) is 0 Å². The first-order valence-corrected chi connectivity index (χ1v) is 11.9. The van der Waals surface area contributed by atoms with E-state index in [2.05, 4.69) is 39.8 Å². The lowest BCUT2D eigenvalue weighted by Crippen LogP contribution is -2.08. The molecule has 0 saturated carbocycles. The molecular formula is C20H21OPS2. The lowest BCUT2D eigenvalue weighted by Gasteiger charge is -2.17. The maximum absolute atomic E-state index is 14.1. The van der Waals surface area contributed by atoms with Gasteiger partial charge in [-0.25, -0.2) is 0 Å². The zero-order valence-electron chi connectivity index (χ0n) is 14.5. The smallest absolute Gasteiger partial charge is 0.124 e. The van der Waals surface area contributed by atoms with E-state index < -0.39 is 7.14 Å². The minimum atomic E-state index is -2.49. The third-order valence-electron chi connectivity index (χ3n) is 5.07. The van der Waals surface area contributed by atoms with Crippen molar-refractivity contribution in [1.82, 2.24) is 0 Å². The molecule has 124 valence electrons. The fourth-order valence-corrected chi connectivity index (χ4v) is 9.33. The van der Waals surface area contributed by atoms with Crippen LogP contribution in [0.3, 0.4) is 0 Å². The third-order valence-corrected chi connectivity index (χ3v) is 10.1. The van der Waals surface area contributed by atoms with E-state index in [4.69, 9.17) is 0 Å². The van der Waals surface area contributed by atoms with Gasteiger partial charge in [0.05, 0.1) is 0 Å². The molecule has 4 heteroatoms. The Labute approximate surface area is 151 Å². The summed E-state index contributed by atoms with van der Waals surface area (Å²) in [6, 6.07) is 10.1. The average molecular weight is 372 g/mol. The van der Waals surface area contributed by atoms with Crippen molar-refractivity contribution in [2.45, 2.75) is 40.0 Å². The second kappa shape index (κ2) is 5.69. The van der Waals surface area contributed by atoms with Crippen molar-refractivity contribution < 1.29 is 4.57 Å². The molecule has 1 aromatic carbocycles. The van der Waals surface area contributed by atoms with Crippen LogP contribution < -0.4 is 5.30 Å². The molecule has 0 N–H and O–H groups in total. The molecule has 1 nitrogen and oxygen atoms in total. The highest BCUT2D eigenvalue weighted by atomic mass is 32.1. The summed E-state index contributed by atoms with van der Waals surface area (Å²) in [4.78, 5) is 5.39. The molecule has 0 radical (unpaired) electrons. The number of aryl methyl sites for hydroxylation is 4. The van der Waals surface area contributed by atoms with E-state index in [1.165, 1.54) is 41.8 Å². The van der Waals surface area contributed by atoms with Crippen LogP contribution in [0.15, 0.2) is 30.3 Å². The highest BCUT2D eigenvalue weighted by Crippen LogP contribution is 2.60. The van der Waals surface area contributed by atoms with E-state index in [9.17, 15) is 4.57 Å². The Hall–Kier alpha value is -1.15. The van der Waals surface area contributed by atoms with Crippen LogP contribution in [0.5, 0.6) is 0 Å². The Balaban J connectivity index is 2.04. The molecular weight excluding hydrogens is 351 g/mol. The molecule has 4 rings (SSSR count). The zero-order chi connectivity index (χ0) is 17.1. The van der Waals surface area contributed by atoms with Gasteiger partial charge in [0.2, 0.25) is 0 Å². The molecule has 0 amide bonds. The molecule has 0 atom stereocenters. The average Bonchev–Trinajstić information content (AvgIpc) is 2.90. The second-order valence-corrected chi connectivity index (χ2v) is 12.5. The van der Waals surface area contributed by atoms with Crippen LogP contribution in [-0.2, 0) is 16.9 Å². The van der Waals surface area contributed by atoms with Crippen molar-refractivity contribution in [1.29, 1.82) is 0 Å². The van der Waals surface area contributed by atoms with Gasteiger partial charge in [-0.3, -0.25) is 0 Å². The van der Waals surface area contributed by atoms with Gasteiger partial charge >= 0.3 is 0 Å². The maximum Gasteiger partial charge on any atom is 0.124 e. The van der Waals surface area contributed by atoms with E-state index in [0.29, 0.717) is 12.3 Å². The predicted octanol–water partition coefficient (Wildman–Crippen LogP) is 6.41. The van der Waals surface area contributed by atoms with Crippen molar-refractivity contribution in [3.05, 3.63) is 61.0 Å². The molecule has 1 aliphatic heterocycles. The van der Waals surface area contributed by atoms with Gasteiger partial charge in [0.1, 0.15) is 7.14 Å². The first kappa shape index (κ1) is 16.3. The van der Waals surface area contributed by atoms with Crippen molar-refractivity contribution in [3.8, 4) is 11.1 Å². The Morgan fingerprint density at radius 3 is 1.67 bits per heavy atom. The molecule has 24 heavy (non-hydrogen) atoms. The van der Waals surface area contributed by atoms with Gasteiger partial charge in [-0.1, -0.05) is 30.3 Å². The summed E-state index contributed by atoms with van der Waals surface area (Å²) in [5, 5.41) is 1.02. The van der Waals surface area contributed by atoms with Crippen molar-refractivity contribution in [2.75, 3.05) is 0 Å². The monoisotopic (exact) mass is 372 g/mol. The standard InChI is InChI=1S/C20H21OPS2/c1-12-17-10-22(21,16-8-6-5-7-9-16)11-18-13(2)24-15(4)20(18)19(17)14(3)23-12/h5-9H,10-11H2,1-4H3. The molecule has 0 fully saturated rings. The highest BCUT2D eigenvalue weighted by Gasteiger charge is 2.35. The van der Waals surface area contributed by atoms with Gasteiger partial charge in [0.25, 0.3) is 0 Å². The molecule has 3 heterocycles. The normalized spacial score (nSPS) is 15.7. The molecule has 0 aliphatic carbocycles. The summed E-state index contributed by atoms with van der Waals surface area (Å²) in [5.41, 5.74) is 5.40. The van der Waals surface area contributed by atoms with Crippen LogP contribution in [0, 0.1) is 27.7 Å². The summed E-state index contributed by atoms with van der Waals surface area (Å²) in [5.74, 6) is 0. The van der Waals surface area contributed by atoms with Crippen LogP contribution >= 0.6 is 29.8 Å². The molecule has 1 aliphatic rings. The Kier molecular flexibility index (Phi) is 3.87. The number of rotatable bonds is 1. The van der Waals surface area contributed by atoms with Crippen LogP contribution in [0.25, 0.3) is 11.1 Å². The molecule has 0 bridgehead atoms. The number of hydrogen-bond donors (Lipinski definition) is 0. The minimum absolute atomic E-state index is 0.695. The van der Waals surface area contributed by atoms with Crippen LogP contribution in [0.4, 0.5) is 0 Å². The Morgan fingerprint density at radius 1 is 0.750 bits per heavy atom. The molecule has 0 unspecified atom stereocenters. The van der Waals surface area contributed by atoms with Gasteiger partial charge in [0.15, 0.2) is 0 Å². The molecule has 0 saturated heterocycles. The Morgan fingerprint density at radius 2 is 1.21 bits per heavy atom. The van der Waals surface area contributed by atoms with E-state index in [-0.39, 0.29) is 0 Å². The Bertz CT molecular complexity index is 921. The van der Waals surface area contributed by atoms with Gasteiger partial charge in [-0.2, -0.15) is 0 Å². The van der Waals surface area contributed by atoms with E-state index in [1.54, 1.807) is 0 Å². The van der Waals surface area contributed by atoms with E-state index in [1.807, 2.05) is 40.9 Å². The largest absolute Gasteiger partial charge is 0.318 e. The van der Waals surface area contributed by atoms with E-state index in [0.717, 1.165) is 5.30 Å². The predicted molar refractivity (Wildman–Crippen MR) is 108 cm³/mol. The number of thiophene rings is 2. The number of hydrogen-bond acceptors (Lipinski definition) is 3. The van der Waals surface area contributed by atoms with Crippen LogP contribution in [-0.4, -0.2) is 0 Å². The van der Waals surface area contributed by atoms with Crippen LogP contribution in [0.1, 0.15) is 30.6 Å². The highest BCUT2D eigenvalue weighted by molar-refractivity contribution is 7.70. The van der Waals surface area contributed by atoms with Crippen molar-refractivity contribution in [3.63, 3.8) is 0 Å². The fourth-order valence-electron chi connectivity index (χ4n) is 3.95. The minimum Gasteiger partial charge on any atom is -0.318 e. The first-order valence-electron chi connectivity index (χ1n) is 8.22. The molecule has 3 aromatic rings. The second-order valence-electron chi connectivity index (χ2n) is 6.68. The summed E-state index contributed by atoms with van der Waals surface area (Å²) in [7, 11) is -2.49. The van der Waals surface area contributed by atoms with Gasteiger partial charge < -0.3 is 4.57 Å². The topological polar surface area (TPSA) is 17.1 Å². The van der Waals surface area contributed by atoms with Gasteiger partial charge in [-0.15, -0.1) is 22.7 Å². The maximum atomic E-state index is 14.1. The molecule has 2 aromatic heterocycles. The summed E-state index contributed by atoms with van der Waals surface area (Å²) >= 11 is 3.71.